The zero-order valence-corrected chi connectivity index (χ0v) is 10.4. The van der Waals surface area contributed by atoms with Crippen molar-refractivity contribution in [1.29, 1.82) is 0 Å². The van der Waals surface area contributed by atoms with Gasteiger partial charge in [-0.2, -0.15) is 0 Å². The number of fused-ring (bicyclic) bond motifs is 1. The number of hydrogen-bond donors (Lipinski definition) is 1. The molecule has 1 N–H and O–H groups in total. The van der Waals surface area contributed by atoms with Crippen LogP contribution < -0.4 is 0 Å². The molecule has 3 rings (SSSR count). The Morgan fingerprint density at radius 2 is 1.67 bits per heavy atom. The maximum absolute atomic E-state index is 13.3. The van der Waals surface area contributed by atoms with Gasteiger partial charge < -0.3 is 5.11 Å². The molecule has 0 amide bonds. The highest BCUT2D eigenvalue weighted by Crippen LogP contribution is 2.40. The van der Waals surface area contributed by atoms with Crippen LogP contribution in [0.2, 0.25) is 5.02 Å². The molecule has 0 fully saturated rings. The van der Waals surface area contributed by atoms with E-state index in [2.05, 4.69) is 0 Å². The van der Waals surface area contributed by atoms with Crippen LogP contribution in [0.3, 0.4) is 0 Å². The summed E-state index contributed by atoms with van der Waals surface area (Å²) in [4.78, 5) is 0. The summed E-state index contributed by atoms with van der Waals surface area (Å²) in [7, 11) is 0. The highest BCUT2D eigenvalue weighted by atomic mass is 35.5. The van der Waals surface area contributed by atoms with Crippen molar-refractivity contribution in [3.63, 3.8) is 0 Å². The number of aliphatic hydroxyl groups is 1. The molecule has 0 spiro atoms. The minimum absolute atomic E-state index is 0.376. The molecule has 2 aromatic carbocycles. The molecule has 92 valence electrons. The van der Waals surface area contributed by atoms with E-state index in [1.807, 2.05) is 24.3 Å². The van der Waals surface area contributed by atoms with Crippen molar-refractivity contribution < 1.29 is 9.50 Å². The summed E-state index contributed by atoms with van der Waals surface area (Å²) in [5.74, 6) is -0.376. The number of hydrogen-bond acceptors (Lipinski definition) is 1. The van der Waals surface area contributed by atoms with Crippen LogP contribution in [-0.2, 0) is 18.4 Å². The zero-order chi connectivity index (χ0) is 12.8. The van der Waals surface area contributed by atoms with Gasteiger partial charge in [-0.25, -0.2) is 4.39 Å². The Morgan fingerprint density at radius 1 is 1.06 bits per heavy atom. The van der Waals surface area contributed by atoms with Gasteiger partial charge in [-0.1, -0.05) is 35.9 Å². The fourth-order valence-electron chi connectivity index (χ4n) is 2.64. The Morgan fingerprint density at radius 3 is 2.28 bits per heavy atom. The molecule has 0 aromatic heterocycles. The first kappa shape index (κ1) is 11.7. The van der Waals surface area contributed by atoms with E-state index in [-0.39, 0.29) is 5.82 Å². The van der Waals surface area contributed by atoms with Crippen LogP contribution in [0.25, 0.3) is 0 Å². The number of benzene rings is 2. The van der Waals surface area contributed by atoms with E-state index in [4.69, 9.17) is 11.6 Å². The molecule has 0 radical (unpaired) electrons. The highest BCUT2D eigenvalue weighted by Gasteiger charge is 2.38. The average molecular weight is 263 g/mol. The molecule has 0 saturated heterocycles. The topological polar surface area (TPSA) is 20.2 Å². The molecule has 1 aliphatic rings. The smallest absolute Gasteiger partial charge is 0.123 e. The molecular formula is C15H12ClFO. The van der Waals surface area contributed by atoms with E-state index in [9.17, 15) is 9.50 Å². The van der Waals surface area contributed by atoms with E-state index in [0.717, 1.165) is 11.1 Å². The standard InChI is InChI=1S/C15H12ClFO/c16-14-6-5-12(17)7-13(14)15(18)8-10-3-1-2-4-11(10)9-15/h1-7,18H,8-9H2. The quantitative estimate of drug-likeness (QED) is 0.834. The fraction of sp³-hybridized carbons (Fsp3) is 0.200. The average Bonchev–Trinajstić information content (AvgIpc) is 2.69. The Balaban J connectivity index is 2.06. The van der Waals surface area contributed by atoms with Crippen LogP contribution in [0.15, 0.2) is 42.5 Å². The van der Waals surface area contributed by atoms with Crippen molar-refractivity contribution in [1.82, 2.24) is 0 Å². The third-order valence-corrected chi connectivity index (χ3v) is 3.84. The lowest BCUT2D eigenvalue weighted by molar-refractivity contribution is 0.0480. The van der Waals surface area contributed by atoms with Crippen molar-refractivity contribution in [2.75, 3.05) is 0 Å². The largest absolute Gasteiger partial charge is 0.384 e. The lowest BCUT2D eigenvalue weighted by Gasteiger charge is -2.24. The van der Waals surface area contributed by atoms with E-state index >= 15 is 0 Å². The molecule has 0 aliphatic heterocycles. The Labute approximate surface area is 110 Å². The first-order valence-corrected chi connectivity index (χ1v) is 6.21. The third-order valence-electron chi connectivity index (χ3n) is 3.51. The van der Waals surface area contributed by atoms with Gasteiger partial charge in [0, 0.05) is 23.4 Å². The van der Waals surface area contributed by atoms with Crippen LogP contribution in [0, 0.1) is 5.82 Å². The molecule has 1 nitrogen and oxygen atoms in total. The molecule has 0 unspecified atom stereocenters. The number of rotatable bonds is 1. The molecular weight excluding hydrogens is 251 g/mol. The van der Waals surface area contributed by atoms with Crippen LogP contribution in [0.5, 0.6) is 0 Å². The minimum Gasteiger partial charge on any atom is -0.384 e. The fourth-order valence-corrected chi connectivity index (χ4v) is 2.93. The molecule has 3 heteroatoms. The van der Waals surface area contributed by atoms with Gasteiger partial charge in [-0.15, -0.1) is 0 Å². The van der Waals surface area contributed by atoms with Crippen molar-refractivity contribution in [2.45, 2.75) is 18.4 Å². The number of halogens is 2. The van der Waals surface area contributed by atoms with Crippen molar-refractivity contribution >= 4 is 11.6 Å². The normalized spacial score (nSPS) is 16.6. The van der Waals surface area contributed by atoms with Gasteiger partial charge >= 0.3 is 0 Å². The summed E-state index contributed by atoms with van der Waals surface area (Å²) >= 11 is 6.08. The molecule has 18 heavy (non-hydrogen) atoms. The molecule has 0 heterocycles. The van der Waals surface area contributed by atoms with E-state index in [0.29, 0.717) is 23.4 Å². The Hall–Kier alpha value is -1.38. The molecule has 0 saturated carbocycles. The minimum atomic E-state index is -1.09. The summed E-state index contributed by atoms with van der Waals surface area (Å²) in [6, 6.07) is 12.0. The van der Waals surface area contributed by atoms with Gasteiger partial charge in [-0.3, -0.25) is 0 Å². The second-order valence-corrected chi connectivity index (χ2v) is 5.19. The van der Waals surface area contributed by atoms with Crippen LogP contribution in [0.1, 0.15) is 16.7 Å². The predicted molar refractivity (Wildman–Crippen MR) is 69.2 cm³/mol. The predicted octanol–water partition coefficient (Wildman–Crippen LogP) is 3.47. The first-order valence-electron chi connectivity index (χ1n) is 5.83. The van der Waals surface area contributed by atoms with Gasteiger partial charge in [0.25, 0.3) is 0 Å². The first-order chi connectivity index (χ1) is 8.58. The summed E-state index contributed by atoms with van der Waals surface area (Å²) in [6.45, 7) is 0. The molecule has 2 aromatic rings. The second kappa shape index (κ2) is 4.08. The van der Waals surface area contributed by atoms with Crippen molar-refractivity contribution in [3.8, 4) is 0 Å². The van der Waals surface area contributed by atoms with Crippen LogP contribution in [0.4, 0.5) is 4.39 Å². The summed E-state index contributed by atoms with van der Waals surface area (Å²) in [5.41, 5.74) is 1.57. The Bertz CT molecular complexity index is 584. The van der Waals surface area contributed by atoms with Gasteiger partial charge in [-0.05, 0) is 29.3 Å². The van der Waals surface area contributed by atoms with Gasteiger partial charge in [0.15, 0.2) is 0 Å². The highest BCUT2D eigenvalue weighted by molar-refractivity contribution is 6.31. The van der Waals surface area contributed by atoms with E-state index in [1.165, 1.54) is 18.2 Å². The molecule has 0 bridgehead atoms. The lowest BCUT2D eigenvalue weighted by Crippen LogP contribution is -2.26. The monoisotopic (exact) mass is 262 g/mol. The zero-order valence-electron chi connectivity index (χ0n) is 9.66. The van der Waals surface area contributed by atoms with Crippen LogP contribution in [-0.4, -0.2) is 5.11 Å². The Kier molecular flexibility index (Phi) is 2.65. The molecule has 0 atom stereocenters. The van der Waals surface area contributed by atoms with Crippen molar-refractivity contribution in [3.05, 3.63) is 70.0 Å². The molecule has 1 aliphatic carbocycles. The summed E-state index contributed by atoms with van der Waals surface area (Å²) < 4.78 is 13.3. The van der Waals surface area contributed by atoms with E-state index in [1.54, 1.807) is 0 Å². The van der Waals surface area contributed by atoms with Gasteiger partial charge in [0.2, 0.25) is 0 Å². The lowest BCUT2D eigenvalue weighted by atomic mass is 9.90. The van der Waals surface area contributed by atoms with E-state index < -0.39 is 5.60 Å². The second-order valence-electron chi connectivity index (χ2n) is 4.78. The van der Waals surface area contributed by atoms with Gasteiger partial charge in [0.1, 0.15) is 5.82 Å². The third kappa shape index (κ3) is 1.82. The summed E-state index contributed by atoms with van der Waals surface area (Å²) in [6.07, 6.45) is 0.957. The maximum Gasteiger partial charge on any atom is 0.123 e. The SMILES string of the molecule is OC1(c2cc(F)ccc2Cl)Cc2ccccc2C1. The van der Waals surface area contributed by atoms with Gasteiger partial charge in [0.05, 0.1) is 5.60 Å². The maximum atomic E-state index is 13.3. The van der Waals surface area contributed by atoms with Crippen molar-refractivity contribution in [2.24, 2.45) is 0 Å². The van der Waals surface area contributed by atoms with Crippen LogP contribution >= 0.6 is 11.6 Å². The summed E-state index contributed by atoms with van der Waals surface area (Å²) in [5, 5.41) is 11.1.